The van der Waals surface area contributed by atoms with Crippen LogP contribution in [0.4, 0.5) is 5.69 Å². The maximum atomic E-state index is 12.3. The monoisotopic (exact) mass is 398 g/mol. The fraction of sp³-hybridized carbons (Fsp3) is 0.294. The maximum absolute atomic E-state index is 12.3. The first kappa shape index (κ1) is 20.2. The molecule has 0 bridgehead atoms. The molecule has 2 aromatic carbocycles. The second-order valence-corrected chi connectivity index (χ2v) is 9.12. The zero-order valence-electron chi connectivity index (χ0n) is 14.6. The van der Waals surface area contributed by atoms with E-state index < -0.39 is 20.0 Å². The molecule has 0 aromatic heterocycles. The SMILES string of the molecule is CCOc1ccccc1N(CCNS(=O)(=O)c1ccccc1)S(C)(=O)=O. The van der Waals surface area contributed by atoms with E-state index in [1.165, 1.54) is 12.1 Å². The number of rotatable bonds is 9. The van der Waals surface area contributed by atoms with Gasteiger partial charge in [0.25, 0.3) is 0 Å². The maximum Gasteiger partial charge on any atom is 0.240 e. The highest BCUT2D eigenvalue weighted by atomic mass is 32.2. The summed E-state index contributed by atoms with van der Waals surface area (Å²) in [4.78, 5) is 0.126. The van der Waals surface area contributed by atoms with Crippen LogP contribution in [-0.4, -0.2) is 42.8 Å². The smallest absolute Gasteiger partial charge is 0.240 e. The van der Waals surface area contributed by atoms with Gasteiger partial charge in [-0.1, -0.05) is 30.3 Å². The normalized spacial score (nSPS) is 11.9. The van der Waals surface area contributed by atoms with E-state index in [9.17, 15) is 16.8 Å². The van der Waals surface area contributed by atoms with Crippen molar-refractivity contribution in [3.05, 3.63) is 54.6 Å². The minimum absolute atomic E-state index is 0.0605. The van der Waals surface area contributed by atoms with Crippen LogP contribution in [0.25, 0.3) is 0 Å². The van der Waals surface area contributed by atoms with E-state index in [0.717, 1.165) is 10.6 Å². The van der Waals surface area contributed by atoms with Gasteiger partial charge in [0.05, 0.1) is 23.4 Å². The summed E-state index contributed by atoms with van der Waals surface area (Å²) in [6.07, 6.45) is 1.07. The van der Waals surface area contributed by atoms with Gasteiger partial charge in [-0.25, -0.2) is 21.6 Å². The first-order valence-electron chi connectivity index (χ1n) is 8.00. The summed E-state index contributed by atoms with van der Waals surface area (Å²) in [6.45, 7) is 2.05. The number of hydrogen-bond acceptors (Lipinski definition) is 5. The zero-order chi connectivity index (χ0) is 19.2. The van der Waals surface area contributed by atoms with Gasteiger partial charge in [-0.15, -0.1) is 0 Å². The molecule has 7 nitrogen and oxygen atoms in total. The van der Waals surface area contributed by atoms with Crippen LogP contribution in [0.2, 0.25) is 0 Å². The van der Waals surface area contributed by atoms with Gasteiger partial charge in [0, 0.05) is 13.1 Å². The minimum atomic E-state index is -3.71. The van der Waals surface area contributed by atoms with Gasteiger partial charge in [0.15, 0.2) is 0 Å². The predicted molar refractivity (Wildman–Crippen MR) is 101 cm³/mol. The van der Waals surface area contributed by atoms with Crippen molar-refractivity contribution in [2.45, 2.75) is 11.8 Å². The van der Waals surface area contributed by atoms with E-state index >= 15 is 0 Å². The van der Waals surface area contributed by atoms with Crippen molar-refractivity contribution in [3.8, 4) is 5.75 Å². The van der Waals surface area contributed by atoms with Gasteiger partial charge in [-0.05, 0) is 31.2 Å². The van der Waals surface area contributed by atoms with Gasteiger partial charge in [0.1, 0.15) is 5.75 Å². The lowest BCUT2D eigenvalue weighted by Gasteiger charge is -2.24. The number of ether oxygens (including phenoxy) is 1. The molecule has 142 valence electrons. The molecule has 9 heteroatoms. The van der Waals surface area contributed by atoms with Crippen LogP contribution < -0.4 is 13.8 Å². The molecule has 0 unspecified atom stereocenters. The lowest BCUT2D eigenvalue weighted by Crippen LogP contribution is -2.38. The number of nitrogens with zero attached hydrogens (tertiary/aromatic N) is 1. The third-order valence-corrected chi connectivity index (χ3v) is 6.15. The molecule has 0 aliphatic heterocycles. The van der Waals surface area contributed by atoms with Crippen LogP contribution in [0.5, 0.6) is 5.75 Å². The summed E-state index contributed by atoms with van der Waals surface area (Å²) < 4.78 is 58.0. The first-order chi connectivity index (χ1) is 12.3. The Labute approximate surface area is 154 Å². The summed E-state index contributed by atoms with van der Waals surface area (Å²) in [5.74, 6) is 0.423. The Morgan fingerprint density at radius 1 is 0.962 bits per heavy atom. The standard InChI is InChI=1S/C17H22N2O5S2/c1-3-24-17-12-8-7-11-16(17)19(25(2,20)21)14-13-18-26(22,23)15-9-5-4-6-10-15/h4-12,18H,3,13-14H2,1-2H3. The fourth-order valence-corrected chi connectivity index (χ4v) is 4.34. The van der Waals surface area contributed by atoms with Crippen molar-refractivity contribution in [2.75, 3.05) is 30.3 Å². The van der Waals surface area contributed by atoms with Crippen LogP contribution in [0, 0.1) is 0 Å². The van der Waals surface area contributed by atoms with Crippen LogP contribution >= 0.6 is 0 Å². The molecule has 0 amide bonds. The molecule has 0 spiro atoms. The molecular formula is C17H22N2O5S2. The van der Waals surface area contributed by atoms with E-state index in [-0.39, 0.29) is 18.0 Å². The highest BCUT2D eigenvalue weighted by Crippen LogP contribution is 2.29. The Kier molecular flexibility index (Phi) is 6.63. The highest BCUT2D eigenvalue weighted by molar-refractivity contribution is 7.92. The molecular weight excluding hydrogens is 376 g/mol. The van der Waals surface area contributed by atoms with Gasteiger partial charge < -0.3 is 4.74 Å². The second-order valence-electron chi connectivity index (χ2n) is 5.45. The molecule has 2 rings (SSSR count). The van der Waals surface area contributed by atoms with Crippen molar-refractivity contribution < 1.29 is 21.6 Å². The van der Waals surface area contributed by atoms with E-state index in [2.05, 4.69) is 4.72 Å². The fourth-order valence-electron chi connectivity index (χ4n) is 2.37. The van der Waals surface area contributed by atoms with Crippen LogP contribution in [0.15, 0.2) is 59.5 Å². The number of sulfonamides is 2. The van der Waals surface area contributed by atoms with Crippen molar-refractivity contribution in [3.63, 3.8) is 0 Å². The van der Waals surface area contributed by atoms with Crippen molar-refractivity contribution >= 4 is 25.7 Å². The van der Waals surface area contributed by atoms with E-state index in [0.29, 0.717) is 18.0 Å². The van der Waals surface area contributed by atoms with Crippen LogP contribution in [-0.2, 0) is 20.0 Å². The number of hydrogen-bond donors (Lipinski definition) is 1. The molecule has 2 aromatic rings. The molecule has 0 saturated carbocycles. The molecule has 0 aliphatic rings. The molecule has 1 N–H and O–H groups in total. The minimum Gasteiger partial charge on any atom is -0.492 e. The quantitative estimate of drug-likeness (QED) is 0.696. The number of nitrogens with one attached hydrogen (secondary N) is 1. The topological polar surface area (TPSA) is 92.8 Å². The first-order valence-corrected chi connectivity index (χ1v) is 11.3. The summed E-state index contributed by atoms with van der Waals surface area (Å²) in [7, 11) is -7.33. The zero-order valence-corrected chi connectivity index (χ0v) is 16.3. The molecule has 0 saturated heterocycles. The average Bonchev–Trinajstić information content (AvgIpc) is 2.60. The van der Waals surface area contributed by atoms with Crippen LogP contribution in [0.3, 0.4) is 0 Å². The molecule has 26 heavy (non-hydrogen) atoms. The lowest BCUT2D eigenvalue weighted by molar-refractivity contribution is 0.341. The van der Waals surface area contributed by atoms with Crippen molar-refractivity contribution in [2.24, 2.45) is 0 Å². The Bertz CT molecular complexity index is 929. The average molecular weight is 399 g/mol. The highest BCUT2D eigenvalue weighted by Gasteiger charge is 2.22. The molecule has 0 radical (unpaired) electrons. The lowest BCUT2D eigenvalue weighted by atomic mass is 10.3. The van der Waals surface area contributed by atoms with Gasteiger partial charge in [-0.2, -0.15) is 0 Å². The third-order valence-electron chi connectivity index (χ3n) is 3.49. The molecule has 0 fully saturated rings. The largest absolute Gasteiger partial charge is 0.492 e. The summed E-state index contributed by atoms with van der Waals surface area (Å²) >= 11 is 0. The van der Waals surface area contributed by atoms with Gasteiger partial charge >= 0.3 is 0 Å². The van der Waals surface area contributed by atoms with Crippen LogP contribution in [0.1, 0.15) is 6.92 Å². The Morgan fingerprint density at radius 2 is 1.58 bits per heavy atom. The van der Waals surface area contributed by atoms with Gasteiger partial charge in [0.2, 0.25) is 20.0 Å². The number of para-hydroxylation sites is 2. The Morgan fingerprint density at radius 3 is 2.19 bits per heavy atom. The third kappa shape index (κ3) is 5.20. The van der Waals surface area contributed by atoms with E-state index in [1.54, 1.807) is 49.4 Å². The molecule has 0 aliphatic carbocycles. The van der Waals surface area contributed by atoms with E-state index in [1.807, 2.05) is 0 Å². The molecule has 0 heterocycles. The van der Waals surface area contributed by atoms with Crippen molar-refractivity contribution in [1.82, 2.24) is 4.72 Å². The summed E-state index contributed by atoms with van der Waals surface area (Å²) in [6, 6.07) is 14.6. The van der Waals surface area contributed by atoms with Crippen molar-refractivity contribution in [1.29, 1.82) is 0 Å². The predicted octanol–water partition coefficient (Wildman–Crippen LogP) is 1.83. The second kappa shape index (κ2) is 8.52. The summed E-state index contributed by atoms with van der Waals surface area (Å²) in [5, 5.41) is 0. The summed E-state index contributed by atoms with van der Waals surface area (Å²) in [5.41, 5.74) is 0.371. The number of anilines is 1. The Hall–Kier alpha value is -2.10. The Balaban J connectivity index is 2.18. The number of benzene rings is 2. The molecule has 0 atom stereocenters. The van der Waals surface area contributed by atoms with Gasteiger partial charge in [-0.3, -0.25) is 4.31 Å². The van der Waals surface area contributed by atoms with E-state index in [4.69, 9.17) is 4.74 Å².